The third-order valence-corrected chi connectivity index (χ3v) is 4.49. The highest BCUT2D eigenvalue weighted by atomic mass is 35.5. The zero-order valence-electron chi connectivity index (χ0n) is 14.3. The van der Waals surface area contributed by atoms with Crippen molar-refractivity contribution in [3.63, 3.8) is 0 Å². The molecule has 0 aliphatic carbocycles. The zero-order valence-corrected chi connectivity index (χ0v) is 15.8. The van der Waals surface area contributed by atoms with Gasteiger partial charge >= 0.3 is 0 Å². The van der Waals surface area contributed by atoms with Gasteiger partial charge in [0.05, 0.1) is 18.2 Å². The first-order valence-electron chi connectivity index (χ1n) is 8.80. The molecule has 0 amide bonds. The number of halogens is 2. The molecular weight excluding hydrogens is 343 g/mol. The Balaban J connectivity index is 2.13. The first-order chi connectivity index (χ1) is 11.8. The maximum absolute atomic E-state index is 6.46. The van der Waals surface area contributed by atoms with Crippen LogP contribution in [0, 0.1) is 0 Å². The van der Waals surface area contributed by atoms with E-state index < -0.39 is 0 Å². The van der Waals surface area contributed by atoms with Gasteiger partial charge < -0.3 is 9.47 Å². The molecule has 0 heterocycles. The molecule has 0 spiro atoms. The number of benzene rings is 2. The minimum absolute atomic E-state index is 0.612. The number of hydrogen-bond donors (Lipinski definition) is 0. The molecule has 0 unspecified atom stereocenters. The molecule has 2 rings (SSSR count). The first-order valence-corrected chi connectivity index (χ1v) is 9.72. The number of ether oxygens (including phenoxy) is 2. The lowest BCUT2D eigenvalue weighted by molar-refractivity contribution is 0.303. The fourth-order valence-electron chi connectivity index (χ4n) is 2.63. The molecule has 2 aromatic carbocycles. The van der Waals surface area contributed by atoms with Crippen LogP contribution in [0.25, 0.3) is 10.8 Å². The first kappa shape index (κ1) is 19.2. The van der Waals surface area contributed by atoms with Gasteiger partial charge in [0.2, 0.25) is 0 Å². The summed E-state index contributed by atoms with van der Waals surface area (Å²) < 4.78 is 11.9. The van der Waals surface area contributed by atoms with Gasteiger partial charge in [-0.15, -0.1) is 11.6 Å². The molecule has 0 atom stereocenters. The summed E-state index contributed by atoms with van der Waals surface area (Å²) in [5.41, 5.74) is 0. The van der Waals surface area contributed by atoms with Crippen molar-refractivity contribution in [3.05, 3.63) is 35.4 Å². The minimum Gasteiger partial charge on any atom is -0.493 e. The summed E-state index contributed by atoms with van der Waals surface area (Å²) in [5, 5.41) is 2.67. The molecule has 4 heteroatoms. The van der Waals surface area contributed by atoms with Crippen LogP contribution in [0.4, 0.5) is 0 Å². The van der Waals surface area contributed by atoms with Gasteiger partial charge in [0, 0.05) is 22.7 Å². The Kier molecular flexibility index (Phi) is 8.55. The van der Waals surface area contributed by atoms with Crippen molar-refractivity contribution in [1.29, 1.82) is 0 Å². The average Bonchev–Trinajstić information content (AvgIpc) is 2.60. The Morgan fingerprint density at radius 3 is 2.33 bits per heavy atom. The lowest BCUT2D eigenvalue weighted by Crippen LogP contribution is -2.01. The van der Waals surface area contributed by atoms with Crippen LogP contribution in [-0.4, -0.2) is 19.1 Å². The van der Waals surface area contributed by atoms with Gasteiger partial charge in [-0.1, -0.05) is 55.6 Å². The summed E-state index contributed by atoms with van der Waals surface area (Å²) in [6, 6.07) is 9.98. The van der Waals surface area contributed by atoms with Crippen molar-refractivity contribution >= 4 is 34.0 Å². The maximum Gasteiger partial charge on any atom is 0.145 e. The summed E-state index contributed by atoms with van der Waals surface area (Å²) in [6.07, 6.45) is 6.48. The van der Waals surface area contributed by atoms with Crippen molar-refractivity contribution in [2.45, 2.75) is 45.4 Å². The van der Waals surface area contributed by atoms with E-state index in [0.29, 0.717) is 24.1 Å². The second kappa shape index (κ2) is 10.7. The van der Waals surface area contributed by atoms with Crippen molar-refractivity contribution in [2.24, 2.45) is 0 Å². The van der Waals surface area contributed by atoms with Crippen LogP contribution in [0.3, 0.4) is 0 Å². The second-order valence-electron chi connectivity index (χ2n) is 5.88. The molecule has 24 heavy (non-hydrogen) atoms. The van der Waals surface area contributed by atoms with Gasteiger partial charge in [0.1, 0.15) is 11.5 Å². The fraction of sp³-hybridized carbons (Fsp3) is 0.500. The maximum atomic E-state index is 6.46. The van der Waals surface area contributed by atoms with E-state index >= 15 is 0 Å². The second-order valence-corrected chi connectivity index (χ2v) is 6.67. The molecule has 0 aliphatic rings. The standard InChI is InChI=1S/C20H26Cl2O2/c1-2-3-8-14-24-20-17-11-6-5-10-16(17)19(15-18(20)22)23-13-9-4-7-12-21/h5-6,10-11,15H,2-4,7-9,12-14H2,1H3. The SMILES string of the molecule is CCCCCOc1c(Cl)cc(OCCCCCCl)c2ccccc12. The Labute approximate surface area is 155 Å². The van der Waals surface area contributed by atoms with Gasteiger partial charge in [-0.05, 0) is 25.7 Å². The highest BCUT2D eigenvalue weighted by Crippen LogP contribution is 2.39. The number of unbranched alkanes of at least 4 members (excludes halogenated alkanes) is 4. The molecule has 0 aromatic heterocycles. The van der Waals surface area contributed by atoms with E-state index in [4.69, 9.17) is 32.7 Å². The molecule has 2 aromatic rings. The highest BCUT2D eigenvalue weighted by molar-refractivity contribution is 6.33. The molecule has 0 saturated heterocycles. The van der Waals surface area contributed by atoms with E-state index in [-0.39, 0.29) is 0 Å². The predicted octanol–water partition coefficient (Wildman–Crippen LogP) is 6.85. The molecule has 0 radical (unpaired) electrons. The Hall–Kier alpha value is -1.12. The van der Waals surface area contributed by atoms with Crippen LogP contribution in [0.15, 0.2) is 30.3 Å². The lowest BCUT2D eigenvalue weighted by Gasteiger charge is -2.15. The van der Waals surface area contributed by atoms with Crippen LogP contribution in [0.1, 0.15) is 45.4 Å². The van der Waals surface area contributed by atoms with E-state index in [1.165, 1.54) is 12.8 Å². The summed E-state index contributed by atoms with van der Waals surface area (Å²) in [4.78, 5) is 0. The van der Waals surface area contributed by atoms with Crippen LogP contribution in [0.5, 0.6) is 11.5 Å². The molecule has 0 bridgehead atoms. The average molecular weight is 369 g/mol. The Morgan fingerprint density at radius 2 is 1.58 bits per heavy atom. The van der Waals surface area contributed by atoms with Crippen LogP contribution < -0.4 is 9.47 Å². The third-order valence-electron chi connectivity index (χ3n) is 3.94. The summed E-state index contributed by atoms with van der Waals surface area (Å²) in [7, 11) is 0. The lowest BCUT2D eigenvalue weighted by atomic mass is 10.1. The molecule has 132 valence electrons. The van der Waals surface area contributed by atoms with E-state index in [2.05, 4.69) is 13.0 Å². The smallest absolute Gasteiger partial charge is 0.145 e. The van der Waals surface area contributed by atoms with Gasteiger partial charge in [0.15, 0.2) is 0 Å². The van der Waals surface area contributed by atoms with Crippen molar-refractivity contribution in [1.82, 2.24) is 0 Å². The van der Waals surface area contributed by atoms with Crippen LogP contribution in [0.2, 0.25) is 5.02 Å². The van der Waals surface area contributed by atoms with Gasteiger partial charge in [-0.3, -0.25) is 0 Å². The van der Waals surface area contributed by atoms with Crippen molar-refractivity contribution in [2.75, 3.05) is 19.1 Å². The van der Waals surface area contributed by atoms with E-state index in [1.807, 2.05) is 24.3 Å². The van der Waals surface area contributed by atoms with Crippen LogP contribution in [-0.2, 0) is 0 Å². The number of rotatable bonds is 11. The predicted molar refractivity (Wildman–Crippen MR) is 104 cm³/mol. The molecule has 0 aliphatic heterocycles. The van der Waals surface area contributed by atoms with E-state index in [9.17, 15) is 0 Å². The quantitative estimate of drug-likeness (QED) is 0.318. The summed E-state index contributed by atoms with van der Waals surface area (Å²) >= 11 is 12.2. The number of hydrogen-bond acceptors (Lipinski definition) is 2. The van der Waals surface area contributed by atoms with Crippen LogP contribution >= 0.6 is 23.2 Å². The molecule has 2 nitrogen and oxygen atoms in total. The van der Waals surface area contributed by atoms with Gasteiger partial charge in [0.25, 0.3) is 0 Å². The Morgan fingerprint density at radius 1 is 0.875 bits per heavy atom. The van der Waals surface area contributed by atoms with E-state index in [0.717, 1.165) is 48.0 Å². The largest absolute Gasteiger partial charge is 0.493 e. The van der Waals surface area contributed by atoms with Gasteiger partial charge in [-0.25, -0.2) is 0 Å². The molecule has 0 N–H and O–H groups in total. The zero-order chi connectivity index (χ0) is 17.2. The summed E-state index contributed by atoms with van der Waals surface area (Å²) in [6.45, 7) is 3.55. The fourth-order valence-corrected chi connectivity index (χ4v) is 3.08. The summed E-state index contributed by atoms with van der Waals surface area (Å²) in [5.74, 6) is 2.29. The molecule has 0 fully saturated rings. The monoisotopic (exact) mass is 368 g/mol. The third kappa shape index (κ3) is 5.46. The number of alkyl halides is 1. The minimum atomic E-state index is 0.612. The topological polar surface area (TPSA) is 18.5 Å². The number of fused-ring (bicyclic) bond motifs is 1. The van der Waals surface area contributed by atoms with Gasteiger partial charge in [-0.2, -0.15) is 0 Å². The normalized spacial score (nSPS) is 11.0. The van der Waals surface area contributed by atoms with E-state index in [1.54, 1.807) is 0 Å². The van der Waals surface area contributed by atoms with Crippen molar-refractivity contribution < 1.29 is 9.47 Å². The molecule has 0 saturated carbocycles. The Bertz CT molecular complexity index is 628. The highest BCUT2D eigenvalue weighted by Gasteiger charge is 2.13. The molecular formula is C20H26Cl2O2. The van der Waals surface area contributed by atoms with Crippen molar-refractivity contribution in [3.8, 4) is 11.5 Å².